The first-order chi connectivity index (χ1) is 6.77. The van der Waals surface area contributed by atoms with E-state index < -0.39 is 0 Å². The van der Waals surface area contributed by atoms with Crippen LogP contribution >= 0.6 is 22.9 Å². The van der Waals surface area contributed by atoms with Crippen molar-refractivity contribution in [2.45, 2.75) is 44.9 Å². The van der Waals surface area contributed by atoms with E-state index in [4.69, 9.17) is 11.6 Å². The molecular formula is C11H14ClNS. The number of nitrogens with zero attached hydrogens (tertiary/aromatic N) is 1. The van der Waals surface area contributed by atoms with Gasteiger partial charge in [0.1, 0.15) is 0 Å². The van der Waals surface area contributed by atoms with Crippen LogP contribution in [-0.2, 0) is 12.8 Å². The van der Waals surface area contributed by atoms with E-state index in [1.807, 2.05) is 0 Å². The summed E-state index contributed by atoms with van der Waals surface area (Å²) < 4.78 is 0.741. The Labute approximate surface area is 93.5 Å². The van der Waals surface area contributed by atoms with Crippen molar-refractivity contribution in [3.8, 4) is 0 Å². The Morgan fingerprint density at radius 3 is 2.79 bits per heavy atom. The van der Waals surface area contributed by atoms with Gasteiger partial charge in [-0.1, -0.05) is 24.4 Å². The van der Waals surface area contributed by atoms with E-state index in [-0.39, 0.29) is 0 Å². The van der Waals surface area contributed by atoms with Crippen LogP contribution in [0.2, 0.25) is 4.47 Å². The molecule has 1 nitrogen and oxygen atoms in total. The van der Waals surface area contributed by atoms with Crippen molar-refractivity contribution in [2.75, 3.05) is 0 Å². The highest BCUT2D eigenvalue weighted by Gasteiger charge is 2.38. The summed E-state index contributed by atoms with van der Waals surface area (Å²) in [6, 6.07) is 0. The van der Waals surface area contributed by atoms with Gasteiger partial charge >= 0.3 is 0 Å². The third kappa shape index (κ3) is 1.40. The van der Waals surface area contributed by atoms with Crippen LogP contribution in [0.1, 0.15) is 42.7 Å². The molecule has 14 heavy (non-hydrogen) atoms. The lowest BCUT2D eigenvalue weighted by molar-refractivity contribution is 0.256. The van der Waals surface area contributed by atoms with Gasteiger partial charge < -0.3 is 0 Å². The number of aryl methyl sites for hydroxylation is 1. The van der Waals surface area contributed by atoms with Gasteiger partial charge in [0, 0.05) is 4.88 Å². The fraction of sp³-hybridized carbons (Fsp3) is 0.727. The number of hydrogen-bond donors (Lipinski definition) is 0. The summed E-state index contributed by atoms with van der Waals surface area (Å²) in [5.41, 5.74) is 1.93. The number of halogens is 1. The van der Waals surface area contributed by atoms with E-state index >= 15 is 0 Å². The van der Waals surface area contributed by atoms with Crippen molar-refractivity contribution in [3.05, 3.63) is 15.0 Å². The molecule has 3 rings (SSSR count). The van der Waals surface area contributed by atoms with E-state index in [0.717, 1.165) is 4.47 Å². The van der Waals surface area contributed by atoms with Gasteiger partial charge in [-0.2, -0.15) is 0 Å². The van der Waals surface area contributed by atoms with Crippen molar-refractivity contribution >= 4 is 22.9 Å². The molecule has 1 saturated carbocycles. The van der Waals surface area contributed by atoms with Gasteiger partial charge in [0.2, 0.25) is 0 Å². The minimum Gasteiger partial charge on any atom is -0.230 e. The summed E-state index contributed by atoms with van der Waals surface area (Å²) in [6.45, 7) is 0. The molecule has 1 aromatic rings. The Balaban J connectivity index is 1.92. The molecule has 2 aliphatic carbocycles. The predicted molar refractivity (Wildman–Crippen MR) is 60.1 cm³/mol. The fourth-order valence-corrected chi connectivity index (χ4v) is 4.43. The highest BCUT2D eigenvalue weighted by Crippen LogP contribution is 2.49. The quantitative estimate of drug-likeness (QED) is 0.656. The van der Waals surface area contributed by atoms with Crippen molar-refractivity contribution in [1.29, 1.82) is 0 Å². The van der Waals surface area contributed by atoms with Crippen LogP contribution in [0.15, 0.2) is 0 Å². The molecular weight excluding hydrogens is 214 g/mol. The molecule has 0 radical (unpaired) electrons. The lowest BCUT2D eigenvalue weighted by Gasteiger charge is -2.32. The molecule has 76 valence electrons. The van der Waals surface area contributed by atoms with Crippen LogP contribution in [0.3, 0.4) is 0 Å². The van der Waals surface area contributed by atoms with Gasteiger partial charge in [-0.05, 0) is 37.5 Å². The standard InChI is InChI=1S/C11H14ClNS/c12-10-13-8-3-6-11(4-1-2-5-11)7-9(8)14-10/h1-7H2. The average Bonchev–Trinajstić information content (AvgIpc) is 2.72. The highest BCUT2D eigenvalue weighted by atomic mass is 35.5. The lowest BCUT2D eigenvalue weighted by Crippen LogP contribution is -2.24. The van der Waals surface area contributed by atoms with Gasteiger partial charge in [-0.3, -0.25) is 0 Å². The van der Waals surface area contributed by atoms with E-state index in [0.29, 0.717) is 5.41 Å². The summed E-state index contributed by atoms with van der Waals surface area (Å²) in [7, 11) is 0. The Bertz CT molecular complexity index is 352. The molecule has 0 aliphatic heterocycles. The molecule has 1 spiro atoms. The summed E-state index contributed by atoms with van der Waals surface area (Å²) in [4.78, 5) is 5.86. The molecule has 0 atom stereocenters. The van der Waals surface area contributed by atoms with Gasteiger partial charge in [0.25, 0.3) is 0 Å². The number of aromatic nitrogens is 1. The van der Waals surface area contributed by atoms with Crippen LogP contribution in [0.4, 0.5) is 0 Å². The zero-order chi connectivity index (χ0) is 9.60. The molecule has 0 N–H and O–H groups in total. The Morgan fingerprint density at radius 2 is 2.00 bits per heavy atom. The number of hydrogen-bond acceptors (Lipinski definition) is 2. The maximum atomic E-state index is 5.95. The highest BCUT2D eigenvalue weighted by molar-refractivity contribution is 7.15. The Morgan fingerprint density at radius 1 is 1.21 bits per heavy atom. The maximum Gasteiger partial charge on any atom is 0.184 e. The molecule has 0 unspecified atom stereocenters. The molecule has 3 heteroatoms. The smallest absolute Gasteiger partial charge is 0.184 e. The van der Waals surface area contributed by atoms with Crippen LogP contribution in [0, 0.1) is 5.41 Å². The van der Waals surface area contributed by atoms with E-state index in [9.17, 15) is 0 Å². The first-order valence-electron chi connectivity index (χ1n) is 5.42. The molecule has 0 aromatic carbocycles. The molecule has 0 amide bonds. The zero-order valence-electron chi connectivity index (χ0n) is 8.18. The third-order valence-electron chi connectivity index (χ3n) is 3.84. The van der Waals surface area contributed by atoms with Crippen LogP contribution in [0.25, 0.3) is 0 Å². The maximum absolute atomic E-state index is 5.95. The van der Waals surface area contributed by atoms with Gasteiger partial charge in [0.05, 0.1) is 5.69 Å². The van der Waals surface area contributed by atoms with Gasteiger partial charge in [-0.25, -0.2) is 4.98 Å². The first kappa shape index (κ1) is 9.17. The second-order valence-corrected chi connectivity index (χ2v) is 6.39. The Hall–Kier alpha value is -0.0800. The van der Waals surface area contributed by atoms with E-state index in [1.165, 1.54) is 55.5 Å². The van der Waals surface area contributed by atoms with Gasteiger partial charge in [-0.15, -0.1) is 11.3 Å². The second-order valence-electron chi connectivity index (χ2n) is 4.72. The minimum absolute atomic E-state index is 0.642. The second kappa shape index (κ2) is 3.21. The molecule has 1 heterocycles. The van der Waals surface area contributed by atoms with Crippen LogP contribution in [-0.4, -0.2) is 4.98 Å². The number of thiazole rings is 1. The zero-order valence-corrected chi connectivity index (χ0v) is 9.76. The number of fused-ring (bicyclic) bond motifs is 1. The first-order valence-corrected chi connectivity index (χ1v) is 6.61. The largest absolute Gasteiger partial charge is 0.230 e. The monoisotopic (exact) mass is 227 g/mol. The van der Waals surface area contributed by atoms with Gasteiger partial charge in [0.15, 0.2) is 4.47 Å². The predicted octanol–water partition coefficient (Wildman–Crippen LogP) is 3.85. The molecule has 1 fully saturated rings. The topological polar surface area (TPSA) is 12.9 Å². The summed E-state index contributed by atoms with van der Waals surface area (Å²) >= 11 is 7.66. The van der Waals surface area contributed by atoms with Crippen LogP contribution < -0.4 is 0 Å². The van der Waals surface area contributed by atoms with Crippen molar-refractivity contribution in [3.63, 3.8) is 0 Å². The fourth-order valence-electron chi connectivity index (χ4n) is 3.05. The lowest BCUT2D eigenvalue weighted by atomic mass is 9.74. The summed E-state index contributed by atoms with van der Waals surface area (Å²) in [6.07, 6.45) is 9.50. The van der Waals surface area contributed by atoms with Crippen molar-refractivity contribution in [1.82, 2.24) is 4.98 Å². The molecule has 0 bridgehead atoms. The van der Waals surface area contributed by atoms with E-state index in [2.05, 4.69) is 4.98 Å². The third-order valence-corrected chi connectivity index (χ3v) is 5.05. The molecule has 1 aromatic heterocycles. The normalized spacial score (nSPS) is 24.1. The summed E-state index contributed by atoms with van der Waals surface area (Å²) in [5.74, 6) is 0. The van der Waals surface area contributed by atoms with Crippen molar-refractivity contribution < 1.29 is 0 Å². The molecule has 0 saturated heterocycles. The SMILES string of the molecule is Clc1nc2c(s1)CC1(CCCC1)CC2. The summed E-state index contributed by atoms with van der Waals surface area (Å²) in [5, 5.41) is 0. The minimum atomic E-state index is 0.642. The Kier molecular flexibility index (Phi) is 2.10. The van der Waals surface area contributed by atoms with Crippen LogP contribution in [0.5, 0.6) is 0 Å². The number of rotatable bonds is 0. The molecule has 2 aliphatic rings. The van der Waals surface area contributed by atoms with E-state index in [1.54, 1.807) is 11.3 Å². The average molecular weight is 228 g/mol. The van der Waals surface area contributed by atoms with Crippen molar-refractivity contribution in [2.24, 2.45) is 5.41 Å².